The molecule has 0 spiro atoms. The summed E-state index contributed by atoms with van der Waals surface area (Å²) in [6.45, 7) is 0. The lowest BCUT2D eigenvalue weighted by Gasteiger charge is -2.06. The molecule has 3 aromatic rings. The highest BCUT2D eigenvalue weighted by Crippen LogP contribution is 2.35. The molecule has 0 bridgehead atoms. The molecule has 4 rings (SSSR count). The van der Waals surface area contributed by atoms with E-state index in [0.717, 1.165) is 22.4 Å². The van der Waals surface area contributed by atoms with E-state index in [1.807, 2.05) is 36.4 Å². The van der Waals surface area contributed by atoms with Gasteiger partial charge in [-0.1, -0.05) is 54.6 Å². The Morgan fingerprint density at radius 3 is 2.52 bits per heavy atom. The average Bonchev–Trinajstić information content (AvgIpc) is 2.83. The maximum absolute atomic E-state index is 10.2. The molecule has 0 radical (unpaired) electrons. The maximum atomic E-state index is 10.2. The lowest BCUT2D eigenvalue weighted by molar-refractivity contribution is 0.266. The van der Waals surface area contributed by atoms with Crippen LogP contribution < -0.4 is 5.32 Å². The van der Waals surface area contributed by atoms with Crippen LogP contribution in [0.5, 0.6) is 0 Å². The molecule has 0 aliphatic carbocycles. The smallest absolute Gasteiger partial charge is 0.151 e. The highest BCUT2D eigenvalue weighted by atomic mass is 16.3. The Labute approximate surface area is 123 Å². The van der Waals surface area contributed by atoms with Crippen molar-refractivity contribution in [2.24, 2.45) is 0 Å². The van der Waals surface area contributed by atoms with Crippen molar-refractivity contribution in [3.8, 4) is 0 Å². The van der Waals surface area contributed by atoms with Gasteiger partial charge in [-0.25, -0.2) is 0 Å². The normalized spacial score (nSPS) is 18.7. The molecule has 1 unspecified atom stereocenters. The molecule has 1 aliphatic heterocycles. The van der Waals surface area contributed by atoms with Gasteiger partial charge in [-0.15, -0.1) is 0 Å². The zero-order chi connectivity index (χ0) is 14.2. The van der Waals surface area contributed by atoms with Crippen LogP contribution in [0.2, 0.25) is 0 Å². The van der Waals surface area contributed by atoms with E-state index in [1.165, 1.54) is 10.8 Å². The van der Waals surface area contributed by atoms with Crippen LogP contribution in [0.15, 0.2) is 66.7 Å². The Balaban J connectivity index is 1.82. The van der Waals surface area contributed by atoms with Gasteiger partial charge >= 0.3 is 0 Å². The fourth-order valence-electron chi connectivity index (χ4n) is 2.87. The van der Waals surface area contributed by atoms with Crippen LogP contribution in [0, 0.1) is 0 Å². The minimum absolute atomic E-state index is 0.645. The molecule has 0 amide bonds. The first-order chi connectivity index (χ1) is 10.3. The van der Waals surface area contributed by atoms with Crippen molar-refractivity contribution >= 4 is 28.1 Å². The van der Waals surface area contributed by atoms with Gasteiger partial charge in [0.2, 0.25) is 0 Å². The number of para-hydroxylation sites is 1. The van der Waals surface area contributed by atoms with E-state index in [-0.39, 0.29) is 0 Å². The standard InChI is InChI=1S/C19H15NO/c21-19-17(16-7-3-4-8-18(16)20-19)12-13-9-10-14-5-1-2-6-15(14)11-13/h1-12,19-21H. The Morgan fingerprint density at radius 2 is 1.62 bits per heavy atom. The highest BCUT2D eigenvalue weighted by Gasteiger charge is 2.23. The number of hydrogen-bond donors (Lipinski definition) is 2. The Morgan fingerprint density at radius 1 is 0.857 bits per heavy atom. The SMILES string of the molecule is OC1Nc2ccccc2C1=Cc1ccc2ccccc2c1. The molecule has 2 nitrogen and oxygen atoms in total. The van der Waals surface area contributed by atoms with E-state index < -0.39 is 6.23 Å². The predicted molar refractivity (Wildman–Crippen MR) is 87.9 cm³/mol. The molecule has 1 atom stereocenters. The first kappa shape index (κ1) is 12.2. The van der Waals surface area contributed by atoms with Crippen molar-refractivity contribution in [3.05, 3.63) is 77.9 Å². The van der Waals surface area contributed by atoms with Crippen LogP contribution in [0.4, 0.5) is 5.69 Å². The summed E-state index contributed by atoms with van der Waals surface area (Å²) >= 11 is 0. The van der Waals surface area contributed by atoms with E-state index in [0.29, 0.717) is 0 Å². The molecule has 2 N–H and O–H groups in total. The van der Waals surface area contributed by atoms with Gasteiger partial charge in [0, 0.05) is 16.8 Å². The lowest BCUT2D eigenvalue weighted by atomic mass is 10.0. The molecule has 0 saturated carbocycles. The molecule has 2 heteroatoms. The largest absolute Gasteiger partial charge is 0.369 e. The quantitative estimate of drug-likeness (QED) is 0.699. The molecule has 1 aliphatic rings. The molecule has 3 aromatic carbocycles. The Bertz CT molecular complexity index is 851. The first-order valence-corrected chi connectivity index (χ1v) is 7.06. The second kappa shape index (κ2) is 4.76. The molecule has 21 heavy (non-hydrogen) atoms. The third-order valence-electron chi connectivity index (χ3n) is 3.92. The van der Waals surface area contributed by atoms with Crippen molar-refractivity contribution in [1.29, 1.82) is 0 Å². The van der Waals surface area contributed by atoms with Crippen LogP contribution in [0.1, 0.15) is 11.1 Å². The predicted octanol–water partition coefficient (Wildman–Crippen LogP) is 4.12. The van der Waals surface area contributed by atoms with Gasteiger partial charge in [0.15, 0.2) is 6.23 Å². The highest BCUT2D eigenvalue weighted by molar-refractivity contribution is 5.95. The van der Waals surface area contributed by atoms with Gasteiger partial charge in [-0.3, -0.25) is 0 Å². The van der Waals surface area contributed by atoms with Crippen LogP contribution in [0.3, 0.4) is 0 Å². The molecular weight excluding hydrogens is 258 g/mol. The number of hydrogen-bond acceptors (Lipinski definition) is 2. The fraction of sp³-hybridized carbons (Fsp3) is 0.0526. The van der Waals surface area contributed by atoms with E-state index in [2.05, 4.69) is 41.7 Å². The number of rotatable bonds is 1. The molecular formula is C19H15NO. The number of nitrogens with one attached hydrogen (secondary N) is 1. The monoisotopic (exact) mass is 273 g/mol. The van der Waals surface area contributed by atoms with Gasteiger partial charge in [0.05, 0.1) is 0 Å². The second-order valence-electron chi connectivity index (χ2n) is 5.30. The summed E-state index contributed by atoms with van der Waals surface area (Å²) in [5.41, 5.74) is 4.07. The zero-order valence-electron chi connectivity index (χ0n) is 11.5. The van der Waals surface area contributed by atoms with Crippen LogP contribution in [-0.2, 0) is 0 Å². The third kappa shape index (κ3) is 2.10. The summed E-state index contributed by atoms with van der Waals surface area (Å²) in [5.74, 6) is 0. The van der Waals surface area contributed by atoms with Crippen LogP contribution in [0.25, 0.3) is 22.4 Å². The molecule has 0 aromatic heterocycles. The minimum Gasteiger partial charge on any atom is -0.369 e. The van der Waals surface area contributed by atoms with E-state index in [9.17, 15) is 5.11 Å². The van der Waals surface area contributed by atoms with Crippen molar-refractivity contribution in [2.45, 2.75) is 6.23 Å². The van der Waals surface area contributed by atoms with E-state index in [4.69, 9.17) is 0 Å². The van der Waals surface area contributed by atoms with Crippen molar-refractivity contribution in [3.63, 3.8) is 0 Å². The number of benzene rings is 3. The van der Waals surface area contributed by atoms with Gasteiger partial charge < -0.3 is 10.4 Å². The number of aliphatic hydroxyl groups is 1. The van der Waals surface area contributed by atoms with Crippen molar-refractivity contribution < 1.29 is 5.11 Å². The number of aliphatic hydroxyl groups excluding tert-OH is 1. The van der Waals surface area contributed by atoms with Crippen molar-refractivity contribution in [1.82, 2.24) is 0 Å². The zero-order valence-corrected chi connectivity index (χ0v) is 11.5. The number of fused-ring (bicyclic) bond motifs is 2. The van der Waals surface area contributed by atoms with Crippen molar-refractivity contribution in [2.75, 3.05) is 5.32 Å². The molecule has 1 heterocycles. The number of anilines is 1. The lowest BCUT2D eigenvalue weighted by Crippen LogP contribution is -2.12. The summed E-state index contributed by atoms with van der Waals surface area (Å²) in [7, 11) is 0. The molecule has 102 valence electrons. The van der Waals surface area contributed by atoms with Gasteiger partial charge in [-0.05, 0) is 34.5 Å². The topological polar surface area (TPSA) is 32.3 Å². The summed E-state index contributed by atoms with van der Waals surface area (Å²) in [6.07, 6.45) is 1.41. The van der Waals surface area contributed by atoms with Gasteiger partial charge in [-0.2, -0.15) is 0 Å². The van der Waals surface area contributed by atoms with E-state index >= 15 is 0 Å². The average molecular weight is 273 g/mol. The van der Waals surface area contributed by atoms with Gasteiger partial charge in [0.25, 0.3) is 0 Å². The molecule has 0 saturated heterocycles. The Kier molecular flexibility index (Phi) is 2.76. The Hall–Kier alpha value is -2.58. The van der Waals surface area contributed by atoms with Crippen LogP contribution >= 0.6 is 0 Å². The van der Waals surface area contributed by atoms with Gasteiger partial charge in [0.1, 0.15) is 0 Å². The third-order valence-corrected chi connectivity index (χ3v) is 3.92. The van der Waals surface area contributed by atoms with E-state index in [1.54, 1.807) is 0 Å². The summed E-state index contributed by atoms with van der Waals surface area (Å²) in [6, 6.07) is 22.6. The minimum atomic E-state index is -0.645. The first-order valence-electron chi connectivity index (χ1n) is 7.06. The fourth-order valence-corrected chi connectivity index (χ4v) is 2.87. The second-order valence-corrected chi connectivity index (χ2v) is 5.30. The maximum Gasteiger partial charge on any atom is 0.151 e. The molecule has 0 fully saturated rings. The van der Waals surface area contributed by atoms with Crippen LogP contribution in [-0.4, -0.2) is 11.3 Å². The summed E-state index contributed by atoms with van der Waals surface area (Å²) in [4.78, 5) is 0. The summed E-state index contributed by atoms with van der Waals surface area (Å²) in [5, 5.41) is 15.7. The summed E-state index contributed by atoms with van der Waals surface area (Å²) < 4.78 is 0.